The van der Waals surface area contributed by atoms with Gasteiger partial charge in [0.1, 0.15) is 0 Å². The van der Waals surface area contributed by atoms with Crippen molar-refractivity contribution >= 4 is 30.8 Å². The van der Waals surface area contributed by atoms with Crippen LogP contribution in [-0.2, 0) is 0 Å². The first-order valence-electron chi connectivity index (χ1n) is 10.8. The summed E-state index contributed by atoms with van der Waals surface area (Å²) in [5.41, 5.74) is 0. The number of hydrogen-bond acceptors (Lipinski definition) is 5. The van der Waals surface area contributed by atoms with Crippen molar-refractivity contribution < 1.29 is 14.7 Å². The van der Waals surface area contributed by atoms with Gasteiger partial charge in [-0.3, -0.25) is 0 Å². The topological polar surface area (TPSA) is 60.7 Å². The van der Waals surface area contributed by atoms with Gasteiger partial charge in [-0.1, -0.05) is 0 Å². The van der Waals surface area contributed by atoms with Gasteiger partial charge in [-0.15, -0.1) is 0 Å². The summed E-state index contributed by atoms with van der Waals surface area (Å²) < 4.78 is 0. The fourth-order valence-corrected chi connectivity index (χ4v) is 8.26. The molecule has 0 aromatic carbocycles. The van der Waals surface area contributed by atoms with Gasteiger partial charge in [-0.25, -0.2) is 0 Å². The second-order valence-corrected chi connectivity index (χ2v) is 13.6. The van der Waals surface area contributed by atoms with E-state index in [2.05, 4.69) is 13.8 Å². The first-order valence-corrected chi connectivity index (χ1v) is 15.6. The molecule has 0 aromatic rings. The minimum atomic E-state index is -4.39. The second-order valence-electron chi connectivity index (χ2n) is 7.55. The Bertz CT molecular complexity index is 283. The van der Waals surface area contributed by atoms with E-state index in [0.717, 1.165) is 11.5 Å². The van der Waals surface area contributed by atoms with Gasteiger partial charge in [-0.2, -0.15) is 0 Å². The maximum atomic E-state index is 10.2. The summed E-state index contributed by atoms with van der Waals surface area (Å²) in [7, 11) is -4.39. The standard InChI is InChI=1S/C20H45O3PS2/c1-3-5-7-9-11-13-17-25-19-15-24(21,22,23)16-20-26-18-14-12-10-8-6-4-2/h21-23H,3-20H2,1-2H3. The molecule has 3 N–H and O–H groups in total. The van der Waals surface area contributed by atoms with E-state index in [0.29, 0.717) is 11.5 Å². The number of thioether (sulfide) groups is 2. The Hall–Kier alpha value is 1.01. The molecule has 0 aliphatic carbocycles. The van der Waals surface area contributed by atoms with Gasteiger partial charge >= 0.3 is 172 Å². The van der Waals surface area contributed by atoms with Crippen LogP contribution in [0.2, 0.25) is 0 Å². The van der Waals surface area contributed by atoms with Gasteiger partial charge in [0.2, 0.25) is 0 Å². The van der Waals surface area contributed by atoms with Crippen molar-refractivity contribution in [3.05, 3.63) is 0 Å². The normalized spacial score (nSPS) is 13.7. The van der Waals surface area contributed by atoms with Crippen LogP contribution >= 0.6 is 30.8 Å². The van der Waals surface area contributed by atoms with Crippen LogP contribution in [0.25, 0.3) is 0 Å². The predicted molar refractivity (Wildman–Crippen MR) is 125 cm³/mol. The van der Waals surface area contributed by atoms with Crippen molar-refractivity contribution in [2.45, 2.75) is 90.9 Å². The number of hydrogen-bond donors (Lipinski definition) is 3. The van der Waals surface area contributed by atoms with Gasteiger partial charge in [0, 0.05) is 0 Å². The van der Waals surface area contributed by atoms with Crippen LogP contribution < -0.4 is 0 Å². The molecule has 0 fully saturated rings. The molecule has 0 amide bonds. The molecule has 0 radical (unpaired) electrons. The van der Waals surface area contributed by atoms with E-state index in [9.17, 15) is 14.7 Å². The second kappa shape index (κ2) is 16.9. The van der Waals surface area contributed by atoms with E-state index < -0.39 is 7.28 Å². The summed E-state index contributed by atoms with van der Waals surface area (Å²) in [6, 6.07) is 0. The molecule has 0 unspecified atom stereocenters. The molecule has 0 aromatic heterocycles. The fourth-order valence-electron chi connectivity index (χ4n) is 2.79. The summed E-state index contributed by atoms with van der Waals surface area (Å²) in [6.07, 6.45) is 15.7. The Morgan fingerprint density at radius 1 is 0.500 bits per heavy atom. The molecule has 3 nitrogen and oxygen atoms in total. The van der Waals surface area contributed by atoms with Gasteiger partial charge in [-0.05, 0) is 0 Å². The van der Waals surface area contributed by atoms with Crippen LogP contribution in [0.5, 0.6) is 0 Å². The molecular weight excluding hydrogens is 383 g/mol. The van der Waals surface area contributed by atoms with Gasteiger partial charge in [0.25, 0.3) is 0 Å². The zero-order chi connectivity index (χ0) is 19.6. The van der Waals surface area contributed by atoms with Gasteiger partial charge in [0.15, 0.2) is 0 Å². The molecule has 0 aliphatic rings. The van der Waals surface area contributed by atoms with Crippen LogP contribution in [0, 0.1) is 0 Å². The number of rotatable bonds is 20. The Balaban J connectivity index is 3.53. The van der Waals surface area contributed by atoms with Gasteiger partial charge in [0.05, 0.1) is 0 Å². The monoisotopic (exact) mass is 428 g/mol. The molecule has 0 aliphatic heterocycles. The summed E-state index contributed by atoms with van der Waals surface area (Å²) in [4.78, 5) is 30.6. The Morgan fingerprint density at radius 2 is 0.846 bits per heavy atom. The molecule has 0 spiro atoms. The molecule has 0 rings (SSSR count). The first kappa shape index (κ1) is 27.0. The van der Waals surface area contributed by atoms with E-state index >= 15 is 0 Å². The van der Waals surface area contributed by atoms with E-state index in [4.69, 9.17) is 0 Å². The molecule has 0 atom stereocenters. The number of unbranched alkanes of at least 4 members (excludes halogenated alkanes) is 10. The molecule has 0 heterocycles. The van der Waals surface area contributed by atoms with E-state index in [1.807, 2.05) is 0 Å². The van der Waals surface area contributed by atoms with Crippen LogP contribution in [-0.4, -0.2) is 50.0 Å². The summed E-state index contributed by atoms with van der Waals surface area (Å²) in [6.45, 7) is 4.46. The minimum absolute atomic E-state index is 0.156. The Labute approximate surface area is 171 Å². The summed E-state index contributed by atoms with van der Waals surface area (Å²) in [5.74, 6) is 3.42. The molecule has 6 heteroatoms. The third-order valence-electron chi connectivity index (χ3n) is 4.67. The van der Waals surface area contributed by atoms with Crippen LogP contribution in [0.1, 0.15) is 90.9 Å². The van der Waals surface area contributed by atoms with Crippen LogP contribution in [0.15, 0.2) is 0 Å². The maximum absolute atomic E-state index is 10.2. The molecular formula is C20H45O3PS2. The van der Waals surface area contributed by atoms with Crippen LogP contribution in [0.4, 0.5) is 0 Å². The van der Waals surface area contributed by atoms with Crippen molar-refractivity contribution in [2.75, 3.05) is 35.3 Å². The molecule has 0 saturated carbocycles. The third-order valence-corrected chi connectivity index (χ3v) is 9.70. The average Bonchev–Trinajstić information content (AvgIpc) is 2.58. The first-order chi connectivity index (χ1) is 12.4. The predicted octanol–water partition coefficient (Wildman–Crippen LogP) is 6.45. The SMILES string of the molecule is CCCCCCCCSCCP(O)(O)(O)CCSCCCCCCCC. The van der Waals surface area contributed by atoms with Crippen LogP contribution in [0.3, 0.4) is 0 Å². The van der Waals surface area contributed by atoms with Crippen molar-refractivity contribution in [3.8, 4) is 0 Å². The Morgan fingerprint density at radius 3 is 1.23 bits per heavy atom. The fraction of sp³-hybridized carbons (Fsp3) is 1.00. The van der Waals surface area contributed by atoms with Gasteiger partial charge < -0.3 is 0 Å². The van der Waals surface area contributed by atoms with E-state index in [-0.39, 0.29) is 12.3 Å². The van der Waals surface area contributed by atoms with Crippen molar-refractivity contribution in [3.63, 3.8) is 0 Å². The molecule has 160 valence electrons. The summed E-state index contributed by atoms with van der Waals surface area (Å²) in [5, 5.41) is 0. The zero-order valence-electron chi connectivity index (χ0n) is 17.3. The van der Waals surface area contributed by atoms with Crippen molar-refractivity contribution in [1.29, 1.82) is 0 Å². The summed E-state index contributed by atoms with van der Waals surface area (Å²) >= 11 is 3.49. The molecule has 26 heavy (non-hydrogen) atoms. The van der Waals surface area contributed by atoms with E-state index in [1.165, 1.54) is 77.0 Å². The van der Waals surface area contributed by atoms with E-state index in [1.54, 1.807) is 23.5 Å². The molecule has 0 bridgehead atoms. The zero-order valence-corrected chi connectivity index (χ0v) is 19.9. The molecule has 0 saturated heterocycles. The van der Waals surface area contributed by atoms with Crippen molar-refractivity contribution in [2.24, 2.45) is 0 Å². The Kier molecular flexibility index (Phi) is 17.6. The van der Waals surface area contributed by atoms with Crippen molar-refractivity contribution in [1.82, 2.24) is 0 Å². The third kappa shape index (κ3) is 19.8. The average molecular weight is 429 g/mol. The quantitative estimate of drug-likeness (QED) is 0.154.